The lowest BCUT2D eigenvalue weighted by Crippen LogP contribution is -2.12. The lowest BCUT2D eigenvalue weighted by atomic mass is 10.0. The van der Waals surface area contributed by atoms with Crippen LogP contribution < -0.4 is 10.1 Å². The van der Waals surface area contributed by atoms with Gasteiger partial charge in [-0.2, -0.15) is 8.42 Å². The van der Waals surface area contributed by atoms with Gasteiger partial charge in [-0.3, -0.25) is 9.35 Å². The topological polar surface area (TPSA) is 138 Å². The predicted molar refractivity (Wildman–Crippen MR) is 142 cm³/mol. The van der Waals surface area contributed by atoms with Gasteiger partial charge in [0.25, 0.3) is 16.0 Å². The van der Waals surface area contributed by atoms with Gasteiger partial charge in [-0.25, -0.2) is 0 Å². The second-order valence-corrected chi connectivity index (χ2v) is 10.0. The highest BCUT2D eigenvalue weighted by Gasteiger charge is 2.23. The molecular weight excluding hydrogens is 541 g/mol. The van der Waals surface area contributed by atoms with Crippen LogP contribution in [0.2, 0.25) is 10.0 Å². The molecule has 0 bridgehead atoms. The summed E-state index contributed by atoms with van der Waals surface area (Å²) in [5.74, 6) is -0.795. The van der Waals surface area contributed by atoms with E-state index in [9.17, 15) is 22.9 Å². The number of carbonyl (C=O) groups excluding carboxylic acids is 1. The zero-order chi connectivity index (χ0) is 26.9. The van der Waals surface area contributed by atoms with E-state index < -0.39 is 26.7 Å². The Bertz CT molecular complexity index is 1690. The highest BCUT2D eigenvalue weighted by atomic mass is 35.5. The van der Waals surface area contributed by atoms with Crippen molar-refractivity contribution < 1.29 is 27.6 Å². The number of methoxy groups -OCH3 is 1. The molecule has 4 aromatic carbocycles. The number of azo groups is 1. The minimum Gasteiger partial charge on any atom is -0.505 e. The summed E-state index contributed by atoms with van der Waals surface area (Å²) in [7, 11) is -3.30. The van der Waals surface area contributed by atoms with Gasteiger partial charge in [0.2, 0.25) is 0 Å². The van der Waals surface area contributed by atoms with Gasteiger partial charge in [0.05, 0.1) is 22.7 Å². The largest absolute Gasteiger partial charge is 0.505 e. The number of nitrogens with zero attached hydrogens (tertiary/aromatic N) is 2. The van der Waals surface area contributed by atoms with Crippen molar-refractivity contribution in [2.24, 2.45) is 10.2 Å². The van der Waals surface area contributed by atoms with Crippen molar-refractivity contribution in [2.75, 3.05) is 12.4 Å². The Morgan fingerprint density at radius 1 is 1.03 bits per heavy atom. The van der Waals surface area contributed by atoms with Crippen LogP contribution in [0.1, 0.15) is 15.9 Å². The highest BCUT2D eigenvalue weighted by molar-refractivity contribution is 7.86. The number of phenolic OH excluding ortho intramolecular Hbond substituents is 1. The molecule has 1 amide bonds. The molecule has 0 saturated heterocycles. The number of ether oxygens (including phenoxy) is 1. The van der Waals surface area contributed by atoms with Gasteiger partial charge in [-0.1, -0.05) is 53.5 Å². The van der Waals surface area contributed by atoms with Gasteiger partial charge in [0.15, 0.2) is 5.75 Å². The maximum atomic E-state index is 13.1. The minimum absolute atomic E-state index is 0.0880. The summed E-state index contributed by atoms with van der Waals surface area (Å²) in [5.41, 5.74) is 0.325. The molecule has 190 valence electrons. The fourth-order valence-corrected chi connectivity index (χ4v) is 5.01. The van der Waals surface area contributed by atoms with Crippen LogP contribution in [0, 0.1) is 6.92 Å². The van der Waals surface area contributed by atoms with Crippen LogP contribution in [-0.2, 0) is 10.1 Å². The van der Waals surface area contributed by atoms with Crippen LogP contribution in [0.25, 0.3) is 10.8 Å². The third-order valence-electron chi connectivity index (χ3n) is 5.43. The van der Waals surface area contributed by atoms with Gasteiger partial charge in [-0.05, 0) is 42.1 Å². The third-order valence-corrected chi connectivity index (χ3v) is 7.27. The molecule has 0 aliphatic heterocycles. The average Bonchev–Trinajstić information content (AvgIpc) is 2.85. The van der Waals surface area contributed by atoms with Crippen molar-refractivity contribution in [1.29, 1.82) is 0 Å². The number of hydrogen-bond acceptors (Lipinski definition) is 7. The van der Waals surface area contributed by atoms with E-state index in [1.165, 1.54) is 31.4 Å². The zero-order valence-electron chi connectivity index (χ0n) is 19.4. The number of hydrogen-bond donors (Lipinski definition) is 3. The molecule has 0 fully saturated rings. The molecule has 37 heavy (non-hydrogen) atoms. The fraction of sp³-hybridized carbons (Fsp3) is 0.0800. The molecule has 12 heteroatoms. The third kappa shape index (κ3) is 5.37. The molecular formula is C25H19Cl2N3O6S. The van der Waals surface area contributed by atoms with Crippen molar-refractivity contribution in [3.05, 3.63) is 81.8 Å². The van der Waals surface area contributed by atoms with Gasteiger partial charge in [-0.15, -0.1) is 10.2 Å². The van der Waals surface area contributed by atoms with E-state index in [0.717, 1.165) is 0 Å². The van der Waals surface area contributed by atoms with E-state index in [1.54, 1.807) is 43.3 Å². The second-order valence-electron chi connectivity index (χ2n) is 7.87. The second kappa shape index (κ2) is 10.3. The summed E-state index contributed by atoms with van der Waals surface area (Å²) in [6.07, 6.45) is 0. The van der Waals surface area contributed by atoms with Crippen LogP contribution in [0.5, 0.6) is 11.5 Å². The first-order valence-corrected chi connectivity index (χ1v) is 12.8. The molecule has 0 aromatic heterocycles. The maximum Gasteiger partial charge on any atom is 0.298 e. The van der Waals surface area contributed by atoms with E-state index >= 15 is 0 Å². The van der Waals surface area contributed by atoms with Crippen LogP contribution >= 0.6 is 23.2 Å². The lowest BCUT2D eigenvalue weighted by Gasteiger charge is -2.12. The SMILES string of the molecule is COc1cc(NC(=O)c2cc3ccccc3c(N=Nc3ccc(C)c(Cl)c3S(=O)(=O)O)c2O)ccc1Cl. The van der Waals surface area contributed by atoms with E-state index in [0.29, 0.717) is 32.8 Å². The average molecular weight is 560 g/mol. The monoisotopic (exact) mass is 559 g/mol. The number of amides is 1. The number of benzene rings is 4. The zero-order valence-corrected chi connectivity index (χ0v) is 21.7. The Hall–Kier alpha value is -3.70. The Morgan fingerprint density at radius 2 is 1.76 bits per heavy atom. The first-order chi connectivity index (χ1) is 17.5. The quantitative estimate of drug-likeness (QED) is 0.170. The Balaban J connectivity index is 1.82. The molecule has 0 spiro atoms. The number of halogens is 2. The standard InChI is InChI=1S/C25H19Cl2N3O6S/c1-13-7-10-19(24(21(13)27)37(33,34)35)29-30-22-16-6-4-3-5-14(16)11-17(23(22)31)25(32)28-15-8-9-18(26)20(12-15)36-2/h3-12,31H,1-2H3,(H,28,32)(H,33,34,35). The molecule has 4 aromatic rings. The van der Waals surface area contributed by atoms with Crippen molar-refractivity contribution in [3.63, 3.8) is 0 Å². The summed E-state index contributed by atoms with van der Waals surface area (Å²) >= 11 is 12.1. The van der Waals surface area contributed by atoms with Gasteiger partial charge >= 0.3 is 0 Å². The van der Waals surface area contributed by atoms with Crippen molar-refractivity contribution in [2.45, 2.75) is 11.8 Å². The molecule has 0 aliphatic rings. The first-order valence-electron chi connectivity index (χ1n) is 10.6. The summed E-state index contributed by atoms with van der Waals surface area (Å²) in [6.45, 7) is 1.57. The number of anilines is 1. The van der Waals surface area contributed by atoms with E-state index in [4.69, 9.17) is 27.9 Å². The molecule has 4 rings (SSSR count). The van der Waals surface area contributed by atoms with Crippen LogP contribution in [0.3, 0.4) is 0 Å². The molecule has 0 radical (unpaired) electrons. The highest BCUT2D eigenvalue weighted by Crippen LogP contribution is 2.41. The Morgan fingerprint density at radius 3 is 2.46 bits per heavy atom. The number of aryl methyl sites for hydroxylation is 1. The molecule has 0 atom stereocenters. The van der Waals surface area contributed by atoms with Gasteiger partial charge in [0.1, 0.15) is 22.0 Å². The molecule has 0 unspecified atom stereocenters. The summed E-state index contributed by atoms with van der Waals surface area (Å²) in [6, 6.07) is 15.8. The summed E-state index contributed by atoms with van der Waals surface area (Å²) < 4.78 is 38.7. The predicted octanol–water partition coefficient (Wildman–Crippen LogP) is 7.08. The molecule has 0 saturated carbocycles. The molecule has 9 nitrogen and oxygen atoms in total. The van der Waals surface area contributed by atoms with Crippen molar-refractivity contribution >= 4 is 67.1 Å². The van der Waals surface area contributed by atoms with Crippen LogP contribution in [0.15, 0.2) is 75.8 Å². The number of aromatic hydroxyl groups is 1. The van der Waals surface area contributed by atoms with E-state index in [1.807, 2.05) is 0 Å². The maximum absolute atomic E-state index is 13.1. The number of phenols is 1. The minimum atomic E-state index is -4.74. The first kappa shape index (κ1) is 26.4. The Kier molecular flexibility index (Phi) is 7.37. The van der Waals surface area contributed by atoms with Gasteiger partial charge in [0, 0.05) is 17.1 Å². The Labute approximate surface area is 222 Å². The smallest absolute Gasteiger partial charge is 0.298 e. The van der Waals surface area contributed by atoms with Gasteiger partial charge < -0.3 is 15.2 Å². The normalized spacial score (nSPS) is 11.7. The van der Waals surface area contributed by atoms with Crippen LogP contribution in [-0.4, -0.2) is 31.1 Å². The van der Waals surface area contributed by atoms with Crippen LogP contribution in [0.4, 0.5) is 17.1 Å². The number of rotatable bonds is 6. The summed E-state index contributed by atoms with van der Waals surface area (Å²) in [5, 5.41) is 22.9. The van der Waals surface area contributed by atoms with E-state index in [2.05, 4.69) is 15.5 Å². The number of carbonyl (C=O) groups is 1. The fourth-order valence-electron chi connectivity index (χ4n) is 3.60. The van der Waals surface area contributed by atoms with Crippen molar-refractivity contribution in [1.82, 2.24) is 0 Å². The summed E-state index contributed by atoms with van der Waals surface area (Å²) in [4.78, 5) is 12.5. The molecule has 3 N–H and O–H groups in total. The lowest BCUT2D eigenvalue weighted by molar-refractivity contribution is 0.102. The number of fused-ring (bicyclic) bond motifs is 1. The van der Waals surface area contributed by atoms with E-state index in [-0.39, 0.29) is 22.0 Å². The molecule has 0 aliphatic carbocycles. The molecule has 0 heterocycles. The number of nitrogens with one attached hydrogen (secondary N) is 1. The van der Waals surface area contributed by atoms with Crippen molar-refractivity contribution in [3.8, 4) is 11.5 Å².